The van der Waals surface area contributed by atoms with Crippen LogP contribution in [0.15, 0.2) is 12.5 Å². The number of rotatable bonds is 2. The first-order valence-electron chi connectivity index (χ1n) is 6.20. The first-order valence-corrected chi connectivity index (χ1v) is 8.10. The highest BCUT2D eigenvalue weighted by Gasteiger charge is 2.55. The number of nitrogens with zero attached hydrogens (tertiary/aromatic N) is 3. The van der Waals surface area contributed by atoms with Crippen LogP contribution in [0, 0.1) is 18.2 Å². The molecule has 0 aromatic carbocycles. The molecule has 2 aromatic heterocycles. The van der Waals surface area contributed by atoms with Crippen molar-refractivity contribution in [2.45, 2.75) is 24.0 Å². The molecule has 0 saturated carbocycles. The van der Waals surface area contributed by atoms with Gasteiger partial charge in [-0.3, -0.25) is 4.57 Å². The van der Waals surface area contributed by atoms with Crippen LogP contribution in [-0.4, -0.2) is 47.0 Å². The summed E-state index contributed by atoms with van der Waals surface area (Å²) in [6.45, 7) is 0. The lowest BCUT2D eigenvalue weighted by atomic mass is 9.95. The van der Waals surface area contributed by atoms with E-state index in [0.29, 0.717) is 4.43 Å². The molecule has 1 aliphatic rings. The van der Waals surface area contributed by atoms with Crippen LogP contribution in [0.25, 0.3) is 11.0 Å². The molecule has 2 aromatic rings. The number of aliphatic hydroxyl groups excluding tert-OH is 1. The Hall–Kier alpha value is -0.990. The van der Waals surface area contributed by atoms with E-state index in [-0.39, 0.29) is 16.2 Å². The third-order valence-corrected chi connectivity index (χ3v) is 4.79. The Morgan fingerprint density at radius 3 is 2.95 bits per heavy atom. The Morgan fingerprint density at radius 2 is 2.32 bits per heavy atom. The molecule has 1 aliphatic heterocycles. The minimum atomic E-state index is -2.01. The average molecular weight is 438 g/mol. The predicted octanol–water partition coefficient (Wildman–Crippen LogP) is 1.28. The van der Waals surface area contributed by atoms with Gasteiger partial charge in [0.05, 0.1) is 11.5 Å². The highest BCUT2D eigenvalue weighted by molar-refractivity contribution is 14.1. The fraction of sp³-hybridized carbons (Fsp3) is 0.385. The predicted molar refractivity (Wildman–Crippen MR) is 85.1 cm³/mol. The van der Waals surface area contributed by atoms with Gasteiger partial charge in [-0.1, -0.05) is 40.1 Å². The van der Waals surface area contributed by atoms with Crippen LogP contribution in [0.4, 0.5) is 4.39 Å². The standard InChI is InChI=1S/C13H10ClFIN3O3/c1-2-13(21)9(20)7(3-16)22-12(13)19-4-6(15)8-10(14)17-5-18-11(8)19/h1,4-5,7,9,12,20-21H,3H2/t7-,9-,12-,13-/m1/s1. The number of alkyl halides is 1. The molecule has 0 unspecified atom stereocenters. The summed E-state index contributed by atoms with van der Waals surface area (Å²) in [5.74, 6) is 1.48. The maximum atomic E-state index is 14.1. The summed E-state index contributed by atoms with van der Waals surface area (Å²) >= 11 is 7.87. The lowest BCUT2D eigenvalue weighted by Crippen LogP contribution is -2.45. The van der Waals surface area contributed by atoms with Gasteiger partial charge in [0.25, 0.3) is 0 Å². The number of hydrogen-bond acceptors (Lipinski definition) is 5. The maximum absolute atomic E-state index is 14.1. The molecule has 2 N–H and O–H groups in total. The summed E-state index contributed by atoms with van der Waals surface area (Å²) in [6, 6.07) is 0. The maximum Gasteiger partial charge on any atom is 0.199 e. The van der Waals surface area contributed by atoms with Crippen LogP contribution < -0.4 is 0 Å². The number of hydrogen-bond donors (Lipinski definition) is 2. The molecule has 6 nitrogen and oxygen atoms in total. The molecule has 116 valence electrons. The van der Waals surface area contributed by atoms with Crippen LogP contribution in [0.3, 0.4) is 0 Å². The first kappa shape index (κ1) is 15.9. The van der Waals surface area contributed by atoms with Crippen molar-refractivity contribution in [1.29, 1.82) is 0 Å². The van der Waals surface area contributed by atoms with Crippen molar-refractivity contribution in [3.63, 3.8) is 0 Å². The van der Waals surface area contributed by atoms with Crippen LogP contribution in [0.2, 0.25) is 5.15 Å². The Balaban J connectivity index is 2.20. The molecule has 3 rings (SSSR count). The Kier molecular flexibility index (Phi) is 4.03. The topological polar surface area (TPSA) is 80.4 Å². The normalized spacial score (nSPS) is 31.5. The fourth-order valence-electron chi connectivity index (χ4n) is 2.51. The summed E-state index contributed by atoms with van der Waals surface area (Å²) in [6.07, 6.45) is 4.42. The van der Waals surface area contributed by atoms with Crippen LogP contribution in [-0.2, 0) is 4.74 Å². The molecule has 9 heteroatoms. The smallest absolute Gasteiger partial charge is 0.199 e. The van der Waals surface area contributed by atoms with Crippen molar-refractivity contribution in [1.82, 2.24) is 14.5 Å². The SMILES string of the molecule is C#C[C@@]1(O)[C@H](O)[C@@H](CI)O[C@H]1n1cc(F)c2c(Cl)ncnc21. The fourth-order valence-corrected chi connectivity index (χ4v) is 3.42. The van der Waals surface area contributed by atoms with Gasteiger partial charge in [0.15, 0.2) is 17.6 Å². The second-order valence-electron chi connectivity index (χ2n) is 4.84. The Labute approximate surface area is 143 Å². The molecule has 0 spiro atoms. The summed E-state index contributed by atoms with van der Waals surface area (Å²) in [5.41, 5.74) is -1.89. The van der Waals surface area contributed by atoms with E-state index in [4.69, 9.17) is 22.8 Å². The number of halogens is 3. The lowest BCUT2D eigenvalue weighted by Gasteiger charge is -2.26. The molecule has 0 bridgehead atoms. The van der Waals surface area contributed by atoms with Crippen LogP contribution >= 0.6 is 34.2 Å². The van der Waals surface area contributed by atoms with Gasteiger partial charge in [0.1, 0.15) is 23.2 Å². The van der Waals surface area contributed by atoms with Gasteiger partial charge < -0.3 is 14.9 Å². The molecular weight excluding hydrogens is 428 g/mol. The summed E-state index contributed by atoms with van der Waals surface area (Å²) in [4.78, 5) is 7.68. The third kappa shape index (κ3) is 2.11. The zero-order chi connectivity index (χ0) is 16.1. The quantitative estimate of drug-likeness (QED) is 0.320. The van der Waals surface area contributed by atoms with E-state index < -0.39 is 29.9 Å². The molecule has 4 atom stereocenters. The van der Waals surface area contributed by atoms with Crippen molar-refractivity contribution in [3.05, 3.63) is 23.5 Å². The highest BCUT2D eigenvalue weighted by Crippen LogP contribution is 2.41. The lowest BCUT2D eigenvalue weighted by molar-refractivity contribution is -0.0668. The van der Waals surface area contributed by atoms with E-state index in [1.165, 1.54) is 4.57 Å². The molecular formula is C13H10ClFIN3O3. The van der Waals surface area contributed by atoms with E-state index in [1.54, 1.807) is 0 Å². The summed E-state index contributed by atoms with van der Waals surface area (Å²) < 4.78 is 21.4. The number of aromatic nitrogens is 3. The monoisotopic (exact) mass is 437 g/mol. The van der Waals surface area contributed by atoms with Gasteiger partial charge in [-0.05, 0) is 0 Å². The van der Waals surface area contributed by atoms with E-state index >= 15 is 0 Å². The number of aliphatic hydroxyl groups is 2. The summed E-state index contributed by atoms with van der Waals surface area (Å²) in [5, 5.41) is 20.7. The molecule has 22 heavy (non-hydrogen) atoms. The van der Waals surface area contributed by atoms with Gasteiger partial charge in [-0.15, -0.1) is 6.42 Å². The van der Waals surface area contributed by atoms with Crippen molar-refractivity contribution >= 4 is 45.2 Å². The minimum absolute atomic E-state index is 0.000415. The van der Waals surface area contributed by atoms with Crippen molar-refractivity contribution in [2.24, 2.45) is 0 Å². The number of terminal acetylenes is 1. The molecule has 0 aliphatic carbocycles. The Bertz CT molecular complexity index is 780. The zero-order valence-corrected chi connectivity index (χ0v) is 13.9. The van der Waals surface area contributed by atoms with E-state index in [9.17, 15) is 14.6 Å². The van der Waals surface area contributed by atoms with Crippen LogP contribution in [0.1, 0.15) is 6.23 Å². The number of fused-ring (bicyclic) bond motifs is 1. The zero-order valence-electron chi connectivity index (χ0n) is 10.9. The van der Waals surface area contributed by atoms with Gasteiger partial charge >= 0.3 is 0 Å². The highest BCUT2D eigenvalue weighted by atomic mass is 127. The second-order valence-corrected chi connectivity index (χ2v) is 6.08. The van der Waals surface area contributed by atoms with E-state index in [0.717, 1.165) is 12.5 Å². The van der Waals surface area contributed by atoms with E-state index in [1.807, 2.05) is 22.6 Å². The second kappa shape index (κ2) is 5.58. The molecule has 0 radical (unpaired) electrons. The van der Waals surface area contributed by atoms with Crippen molar-refractivity contribution in [2.75, 3.05) is 4.43 Å². The third-order valence-electron chi connectivity index (χ3n) is 3.64. The van der Waals surface area contributed by atoms with Crippen molar-refractivity contribution < 1.29 is 19.3 Å². The van der Waals surface area contributed by atoms with Crippen molar-refractivity contribution in [3.8, 4) is 12.3 Å². The number of ether oxygens (including phenoxy) is 1. The Morgan fingerprint density at radius 1 is 1.59 bits per heavy atom. The molecule has 1 saturated heterocycles. The van der Waals surface area contributed by atoms with Gasteiger partial charge in [0, 0.05) is 10.6 Å². The van der Waals surface area contributed by atoms with Gasteiger partial charge in [0.2, 0.25) is 0 Å². The average Bonchev–Trinajstić information content (AvgIpc) is 2.97. The van der Waals surface area contributed by atoms with Crippen LogP contribution in [0.5, 0.6) is 0 Å². The van der Waals surface area contributed by atoms with Gasteiger partial charge in [-0.2, -0.15) is 0 Å². The largest absolute Gasteiger partial charge is 0.386 e. The molecule has 1 fully saturated rings. The van der Waals surface area contributed by atoms with Gasteiger partial charge in [-0.25, -0.2) is 14.4 Å². The van der Waals surface area contributed by atoms with E-state index in [2.05, 4.69) is 15.9 Å². The minimum Gasteiger partial charge on any atom is -0.386 e. The molecule has 3 heterocycles. The first-order chi connectivity index (χ1) is 10.4. The summed E-state index contributed by atoms with van der Waals surface area (Å²) in [7, 11) is 0. The molecule has 0 amide bonds.